The number of hydrogen-bond donors (Lipinski definition) is 0. The summed E-state index contributed by atoms with van der Waals surface area (Å²) in [5, 5.41) is 12.1. The molecule has 0 N–H and O–H groups in total. The van der Waals surface area contributed by atoms with Gasteiger partial charge in [0.2, 0.25) is 0 Å². The minimum atomic E-state index is 0.625. The van der Waals surface area contributed by atoms with E-state index in [4.69, 9.17) is 15.0 Å². The Hall–Kier alpha value is -8.41. The fraction of sp³-hybridized carbons (Fsp3) is 0. The molecule has 0 aliphatic carbocycles. The largest absolute Gasteiger partial charge is 0.307 e. The van der Waals surface area contributed by atoms with E-state index in [1.807, 2.05) is 18.2 Å². The van der Waals surface area contributed by atoms with Gasteiger partial charge in [0.15, 0.2) is 17.5 Å². The molecule has 0 radical (unpaired) electrons. The third kappa shape index (κ3) is 5.32. The van der Waals surface area contributed by atoms with Gasteiger partial charge >= 0.3 is 0 Å². The van der Waals surface area contributed by atoms with Crippen molar-refractivity contribution in [2.75, 3.05) is 0 Å². The summed E-state index contributed by atoms with van der Waals surface area (Å²) in [6, 6.07) is 75.9. The highest BCUT2D eigenvalue weighted by atomic mass is 15.1. The second-order valence-corrected chi connectivity index (χ2v) is 16.0. The van der Waals surface area contributed by atoms with Crippen molar-refractivity contribution in [3.05, 3.63) is 212 Å². The lowest BCUT2D eigenvalue weighted by Gasteiger charge is -2.15. The lowest BCUT2D eigenvalue weighted by molar-refractivity contribution is 1.07. The van der Waals surface area contributed by atoms with Crippen LogP contribution in [0.1, 0.15) is 0 Å². The Morgan fingerprint density at radius 3 is 1.60 bits per heavy atom. The molecule has 0 aliphatic rings. The van der Waals surface area contributed by atoms with Crippen molar-refractivity contribution in [3.63, 3.8) is 0 Å². The summed E-state index contributed by atoms with van der Waals surface area (Å²) in [6.07, 6.45) is 0. The summed E-state index contributed by atoms with van der Waals surface area (Å²) in [5.74, 6) is 1.90. The first-order valence-corrected chi connectivity index (χ1v) is 21.0. The molecule has 13 rings (SSSR count). The Balaban J connectivity index is 1.05. The molecule has 0 saturated heterocycles. The van der Waals surface area contributed by atoms with E-state index in [-0.39, 0.29) is 0 Å². The average Bonchev–Trinajstić information content (AvgIpc) is 3.86. The highest BCUT2D eigenvalue weighted by molar-refractivity contribution is 6.21. The van der Waals surface area contributed by atoms with Crippen LogP contribution in [0, 0.1) is 0 Å². The van der Waals surface area contributed by atoms with E-state index in [2.05, 4.69) is 203 Å². The topological polar surface area (TPSA) is 48.5 Å². The molecule has 0 amide bonds. The SMILES string of the molecule is c1ccc(-c2nc(-c3ccc(-n4c5cc6ccccc6cc5c5cccc(-n6c7ccccc7c7ccc8ccccc8c76)c54)cc3)nc(-c3ccc4ccccc4c3)n2)cc1. The minimum absolute atomic E-state index is 0.625. The molecule has 0 saturated carbocycles. The van der Waals surface area contributed by atoms with Gasteiger partial charge in [-0.15, -0.1) is 0 Å². The first kappa shape index (κ1) is 34.5. The Kier molecular flexibility index (Phi) is 7.54. The first-order chi connectivity index (χ1) is 30.7. The van der Waals surface area contributed by atoms with E-state index in [0.717, 1.165) is 44.5 Å². The number of benzene rings is 10. The molecule has 5 heteroatoms. The lowest BCUT2D eigenvalue weighted by Crippen LogP contribution is -2.02. The van der Waals surface area contributed by atoms with Crippen LogP contribution < -0.4 is 0 Å². The number of rotatable bonds is 5. The van der Waals surface area contributed by atoms with Crippen LogP contribution in [0.3, 0.4) is 0 Å². The van der Waals surface area contributed by atoms with Crippen molar-refractivity contribution in [2.45, 2.75) is 0 Å². The molecule has 288 valence electrons. The Labute approximate surface area is 356 Å². The van der Waals surface area contributed by atoms with Crippen molar-refractivity contribution < 1.29 is 0 Å². The van der Waals surface area contributed by atoms with E-state index >= 15 is 0 Å². The van der Waals surface area contributed by atoms with Gasteiger partial charge < -0.3 is 9.13 Å². The molecule has 13 aromatic rings. The molecule has 0 bridgehead atoms. The molecule has 0 unspecified atom stereocenters. The van der Waals surface area contributed by atoms with Crippen LogP contribution in [0.5, 0.6) is 0 Å². The molecular formula is C57H35N5. The number of nitrogens with zero attached hydrogens (tertiary/aromatic N) is 5. The van der Waals surface area contributed by atoms with Gasteiger partial charge in [-0.1, -0.05) is 158 Å². The average molecular weight is 790 g/mol. The van der Waals surface area contributed by atoms with E-state index in [9.17, 15) is 0 Å². The Morgan fingerprint density at radius 2 is 0.823 bits per heavy atom. The summed E-state index contributed by atoms with van der Waals surface area (Å²) in [7, 11) is 0. The van der Waals surface area contributed by atoms with Crippen LogP contribution in [-0.2, 0) is 0 Å². The van der Waals surface area contributed by atoms with Crippen LogP contribution >= 0.6 is 0 Å². The van der Waals surface area contributed by atoms with Gasteiger partial charge in [-0.3, -0.25) is 0 Å². The third-order valence-corrected chi connectivity index (χ3v) is 12.5. The van der Waals surface area contributed by atoms with Gasteiger partial charge in [-0.2, -0.15) is 0 Å². The summed E-state index contributed by atoms with van der Waals surface area (Å²) < 4.78 is 4.94. The molecule has 0 aliphatic heterocycles. The molecule has 3 heterocycles. The maximum absolute atomic E-state index is 5.13. The second kappa shape index (κ2) is 13.6. The standard InChI is InChI=1S/C57H35N5/c1-2-15-38(16-3-1)55-58-56(60-57(59-55)43-26-25-36-13-4-5-17-40(36)33-43)39-27-30-44(31-28-39)61-52-35-42-19-7-6-18-41(42)34-49(52)47-22-12-24-51(54(47)61)62-50-23-11-10-21-46(50)48-32-29-37-14-8-9-20-45(37)53(48)62/h1-35H. The minimum Gasteiger partial charge on any atom is -0.307 e. The van der Waals surface area contributed by atoms with E-state index in [1.54, 1.807) is 0 Å². The summed E-state index contributed by atoms with van der Waals surface area (Å²) in [4.78, 5) is 15.2. The zero-order valence-corrected chi connectivity index (χ0v) is 33.4. The maximum atomic E-state index is 5.13. The number of fused-ring (bicyclic) bond motifs is 10. The van der Waals surface area contributed by atoms with Gasteiger partial charge in [0.05, 0.1) is 27.8 Å². The van der Waals surface area contributed by atoms with Gasteiger partial charge in [0.25, 0.3) is 0 Å². The molecular weight excluding hydrogens is 755 g/mol. The Bertz CT molecular complexity index is 3920. The van der Waals surface area contributed by atoms with Gasteiger partial charge in [-0.05, 0) is 81.5 Å². The number of hydrogen-bond acceptors (Lipinski definition) is 3. The van der Waals surface area contributed by atoms with Gasteiger partial charge in [-0.25, -0.2) is 15.0 Å². The Morgan fingerprint density at radius 1 is 0.274 bits per heavy atom. The zero-order chi connectivity index (χ0) is 40.7. The lowest BCUT2D eigenvalue weighted by atomic mass is 10.1. The predicted molar refractivity (Wildman–Crippen MR) is 257 cm³/mol. The summed E-state index contributed by atoms with van der Waals surface area (Å²) in [6.45, 7) is 0. The van der Waals surface area contributed by atoms with E-state index in [0.29, 0.717) is 17.5 Å². The van der Waals surface area contributed by atoms with Crippen LogP contribution in [0.15, 0.2) is 212 Å². The molecule has 0 atom stereocenters. The molecule has 0 fully saturated rings. The van der Waals surface area contributed by atoms with Crippen LogP contribution in [0.2, 0.25) is 0 Å². The second-order valence-electron chi connectivity index (χ2n) is 16.0. The fourth-order valence-corrected chi connectivity index (χ4v) is 9.60. The van der Waals surface area contributed by atoms with Crippen LogP contribution in [0.4, 0.5) is 0 Å². The van der Waals surface area contributed by atoms with Crippen LogP contribution in [0.25, 0.3) is 121 Å². The summed E-state index contributed by atoms with van der Waals surface area (Å²) >= 11 is 0. The molecule has 62 heavy (non-hydrogen) atoms. The van der Waals surface area contributed by atoms with Crippen LogP contribution in [-0.4, -0.2) is 24.1 Å². The van der Waals surface area contributed by atoms with Gasteiger partial charge in [0, 0.05) is 49.3 Å². The van der Waals surface area contributed by atoms with Gasteiger partial charge in [0.1, 0.15) is 0 Å². The van der Waals surface area contributed by atoms with Crippen molar-refractivity contribution in [3.8, 4) is 45.5 Å². The summed E-state index contributed by atoms with van der Waals surface area (Å²) in [5.41, 5.74) is 9.65. The van der Waals surface area contributed by atoms with Crippen molar-refractivity contribution in [2.24, 2.45) is 0 Å². The highest BCUT2D eigenvalue weighted by Crippen LogP contribution is 2.42. The third-order valence-electron chi connectivity index (χ3n) is 12.5. The first-order valence-electron chi connectivity index (χ1n) is 21.0. The quantitative estimate of drug-likeness (QED) is 0.174. The number of para-hydroxylation sites is 2. The fourth-order valence-electron chi connectivity index (χ4n) is 9.60. The monoisotopic (exact) mass is 789 g/mol. The molecule has 3 aromatic heterocycles. The van der Waals surface area contributed by atoms with E-state index in [1.165, 1.54) is 59.5 Å². The van der Waals surface area contributed by atoms with Crippen molar-refractivity contribution >= 4 is 75.9 Å². The molecule has 5 nitrogen and oxygen atoms in total. The predicted octanol–water partition coefficient (Wildman–Crippen LogP) is 14.5. The van der Waals surface area contributed by atoms with E-state index < -0.39 is 0 Å². The molecule has 10 aromatic carbocycles. The van der Waals surface area contributed by atoms with Crippen molar-refractivity contribution in [1.29, 1.82) is 0 Å². The smallest absolute Gasteiger partial charge is 0.164 e. The normalized spacial score (nSPS) is 11.9. The molecule has 0 spiro atoms. The highest BCUT2D eigenvalue weighted by Gasteiger charge is 2.22. The van der Waals surface area contributed by atoms with Crippen molar-refractivity contribution in [1.82, 2.24) is 24.1 Å². The number of aromatic nitrogens is 5. The zero-order valence-electron chi connectivity index (χ0n) is 33.4. The maximum Gasteiger partial charge on any atom is 0.164 e.